The van der Waals surface area contributed by atoms with Crippen LogP contribution in [0.1, 0.15) is 5.56 Å². The Bertz CT molecular complexity index is 1130. The van der Waals surface area contributed by atoms with Gasteiger partial charge < -0.3 is 14.8 Å². The van der Waals surface area contributed by atoms with Crippen LogP contribution in [0.25, 0.3) is 5.57 Å². The fraction of sp³-hybridized carbons (Fsp3) is 0.143. The smallest absolute Gasteiger partial charge is 0.228 e. The number of benzene rings is 1. The second kappa shape index (κ2) is 10.2. The molecule has 31 heavy (non-hydrogen) atoms. The van der Waals surface area contributed by atoms with Gasteiger partial charge in [0.1, 0.15) is 17.5 Å². The maximum Gasteiger partial charge on any atom is 0.228 e. The number of pyridine rings is 1. The van der Waals surface area contributed by atoms with Gasteiger partial charge in [-0.1, -0.05) is 11.6 Å². The summed E-state index contributed by atoms with van der Waals surface area (Å²) in [5.74, 6) is 1.10. The van der Waals surface area contributed by atoms with Crippen molar-refractivity contribution >= 4 is 53.2 Å². The molecule has 2 N–H and O–H groups in total. The topological polar surface area (TPSA) is 83.3 Å². The van der Waals surface area contributed by atoms with E-state index >= 15 is 0 Å². The molecule has 0 atom stereocenters. The summed E-state index contributed by atoms with van der Waals surface area (Å²) in [6.45, 7) is 3.49. The largest absolute Gasteiger partial charge is 0.480 e. The molecule has 0 saturated carbocycles. The van der Waals surface area contributed by atoms with Crippen molar-refractivity contribution in [1.82, 2.24) is 10.3 Å². The fourth-order valence-electron chi connectivity index (χ4n) is 2.85. The van der Waals surface area contributed by atoms with Gasteiger partial charge in [-0.25, -0.2) is 9.37 Å². The number of amidine groups is 2. The van der Waals surface area contributed by atoms with Gasteiger partial charge in [0.05, 0.1) is 17.0 Å². The molecule has 0 unspecified atom stereocenters. The Balaban J connectivity index is 1.96. The molecule has 2 heterocycles. The van der Waals surface area contributed by atoms with Crippen LogP contribution >= 0.6 is 23.5 Å². The third kappa shape index (κ3) is 5.12. The van der Waals surface area contributed by atoms with Gasteiger partial charge in [-0.15, -0.1) is 0 Å². The van der Waals surface area contributed by atoms with Gasteiger partial charge in [0.2, 0.25) is 5.88 Å². The average molecular weight is 459 g/mol. The Kier molecular flexibility index (Phi) is 7.43. The van der Waals surface area contributed by atoms with Gasteiger partial charge in [-0.3, -0.25) is 15.0 Å². The van der Waals surface area contributed by atoms with E-state index in [1.165, 1.54) is 31.3 Å². The number of rotatable bonds is 6. The molecule has 0 fully saturated rings. The van der Waals surface area contributed by atoms with Crippen LogP contribution in [0.5, 0.6) is 5.88 Å². The summed E-state index contributed by atoms with van der Waals surface area (Å²) in [7, 11) is 4.80. The van der Waals surface area contributed by atoms with Gasteiger partial charge in [0, 0.05) is 48.9 Å². The number of nitrogens with zero attached hydrogens (tertiary/aromatic N) is 4. The predicted octanol–water partition coefficient (Wildman–Crippen LogP) is 4.63. The van der Waals surface area contributed by atoms with Crippen LogP contribution in [0, 0.1) is 5.82 Å². The lowest BCUT2D eigenvalue weighted by atomic mass is 9.97. The number of anilines is 1. The summed E-state index contributed by atoms with van der Waals surface area (Å²) in [5.41, 5.74) is 2.27. The summed E-state index contributed by atoms with van der Waals surface area (Å²) < 4.78 is 23.2. The molecule has 2 aromatic rings. The van der Waals surface area contributed by atoms with E-state index in [0.29, 0.717) is 49.9 Å². The molecule has 0 spiro atoms. The highest BCUT2D eigenvalue weighted by Gasteiger charge is 2.22. The highest BCUT2D eigenvalue weighted by atomic mass is 35.5. The minimum Gasteiger partial charge on any atom is -0.480 e. The highest BCUT2D eigenvalue weighted by molar-refractivity contribution is 8.00. The molecule has 7 nitrogen and oxygen atoms in total. The molecule has 160 valence electrons. The summed E-state index contributed by atoms with van der Waals surface area (Å²) in [6, 6.07) is 6.45. The molecular formula is C21H20ClFN6OS. The van der Waals surface area contributed by atoms with E-state index in [9.17, 15) is 4.39 Å². The molecule has 1 aromatic carbocycles. The fourth-order valence-corrected chi connectivity index (χ4v) is 3.84. The van der Waals surface area contributed by atoms with Gasteiger partial charge in [0.25, 0.3) is 0 Å². The monoisotopic (exact) mass is 458 g/mol. The van der Waals surface area contributed by atoms with E-state index in [-0.39, 0.29) is 0 Å². The summed E-state index contributed by atoms with van der Waals surface area (Å²) >= 11 is 7.29. The lowest BCUT2D eigenvalue weighted by Crippen LogP contribution is -2.36. The minimum absolute atomic E-state index is 0.361. The van der Waals surface area contributed by atoms with Crippen molar-refractivity contribution in [3.8, 4) is 5.88 Å². The molecule has 10 heteroatoms. The van der Waals surface area contributed by atoms with E-state index in [4.69, 9.17) is 16.3 Å². The predicted molar refractivity (Wildman–Crippen MR) is 127 cm³/mol. The van der Waals surface area contributed by atoms with Gasteiger partial charge >= 0.3 is 0 Å². The van der Waals surface area contributed by atoms with Crippen LogP contribution in [0.4, 0.5) is 10.1 Å². The highest BCUT2D eigenvalue weighted by Crippen LogP contribution is 2.32. The molecule has 0 radical (unpaired) electrons. The first kappa shape index (κ1) is 22.5. The van der Waals surface area contributed by atoms with E-state index in [1.807, 2.05) is 0 Å². The van der Waals surface area contributed by atoms with Gasteiger partial charge in [-0.2, -0.15) is 0 Å². The number of aliphatic imine (C=N–C) groups is 3. The SMILES string of the molecule is C=N/C=C1/C=C(c2cc(NSc3cc(Cl)cnc3OC)ccc2F)C(=NC)NC1=NC. The number of hydrogen-bond donors (Lipinski definition) is 2. The van der Waals surface area contributed by atoms with Crippen LogP contribution in [-0.2, 0) is 0 Å². The van der Waals surface area contributed by atoms with Crippen molar-refractivity contribution in [2.24, 2.45) is 15.0 Å². The Hall–Kier alpha value is -3.17. The molecule has 0 amide bonds. The third-order valence-corrected chi connectivity index (χ3v) is 5.31. The Morgan fingerprint density at radius 2 is 2.03 bits per heavy atom. The lowest BCUT2D eigenvalue weighted by molar-refractivity contribution is 0.387. The van der Waals surface area contributed by atoms with Gasteiger partial charge in [0.15, 0.2) is 0 Å². The number of halogens is 2. The van der Waals surface area contributed by atoms with E-state index in [0.717, 1.165) is 0 Å². The first-order valence-electron chi connectivity index (χ1n) is 9.02. The number of aromatic nitrogens is 1. The van der Waals surface area contributed by atoms with Crippen molar-refractivity contribution in [3.05, 3.63) is 64.7 Å². The summed E-state index contributed by atoms with van der Waals surface area (Å²) in [6.07, 6.45) is 4.83. The molecule has 0 aliphatic carbocycles. The van der Waals surface area contributed by atoms with Gasteiger partial charge in [-0.05, 0) is 49.0 Å². The van der Waals surface area contributed by atoms with Crippen molar-refractivity contribution in [1.29, 1.82) is 0 Å². The van der Waals surface area contributed by atoms with Crippen molar-refractivity contribution in [3.63, 3.8) is 0 Å². The average Bonchev–Trinajstić information content (AvgIpc) is 2.78. The Morgan fingerprint density at radius 3 is 2.71 bits per heavy atom. The van der Waals surface area contributed by atoms with Crippen LogP contribution in [0.2, 0.25) is 5.02 Å². The molecule has 3 rings (SSSR count). The van der Waals surface area contributed by atoms with Crippen molar-refractivity contribution < 1.29 is 9.13 Å². The zero-order valence-corrected chi connectivity index (χ0v) is 18.7. The number of methoxy groups -OCH3 is 1. The second-order valence-electron chi connectivity index (χ2n) is 6.15. The first-order valence-corrected chi connectivity index (χ1v) is 10.2. The molecule has 1 aliphatic rings. The zero-order chi connectivity index (χ0) is 22.4. The quantitative estimate of drug-likeness (QED) is 0.487. The van der Waals surface area contributed by atoms with Crippen LogP contribution in [0.15, 0.2) is 68.2 Å². The third-order valence-electron chi connectivity index (χ3n) is 4.26. The maximum absolute atomic E-state index is 14.8. The molecule has 1 aromatic heterocycles. The van der Waals surface area contributed by atoms with E-state index in [1.54, 1.807) is 44.6 Å². The number of nitrogens with one attached hydrogen (secondary N) is 2. The lowest BCUT2D eigenvalue weighted by Gasteiger charge is -2.22. The van der Waals surface area contributed by atoms with Crippen LogP contribution < -0.4 is 14.8 Å². The number of hydrogen-bond acceptors (Lipinski definition) is 7. The zero-order valence-electron chi connectivity index (χ0n) is 17.1. The van der Waals surface area contributed by atoms with Crippen LogP contribution in [0.3, 0.4) is 0 Å². The van der Waals surface area contributed by atoms with Crippen LogP contribution in [-0.4, -0.2) is 44.6 Å². The summed E-state index contributed by atoms with van der Waals surface area (Å²) in [4.78, 5) is 17.1. The first-order chi connectivity index (χ1) is 15.0. The maximum atomic E-state index is 14.8. The van der Waals surface area contributed by atoms with E-state index in [2.05, 4.69) is 36.7 Å². The van der Waals surface area contributed by atoms with E-state index < -0.39 is 5.82 Å². The van der Waals surface area contributed by atoms with Crippen molar-refractivity contribution in [2.75, 3.05) is 25.9 Å². The molecular weight excluding hydrogens is 439 g/mol. The Morgan fingerprint density at radius 1 is 1.26 bits per heavy atom. The summed E-state index contributed by atoms with van der Waals surface area (Å²) in [5, 5.41) is 3.59. The normalized spacial score (nSPS) is 17.5. The molecule has 1 aliphatic heterocycles. The Labute approximate surface area is 189 Å². The standard InChI is InChI=1S/C21H20ClFN6OS/c1-24-10-12-7-16(20(26-3)28-19(12)25-2)15-9-14(5-6-17(15)23)29-31-18-8-13(22)11-27-21(18)30-4/h5-11,29H,1H2,2-4H3,(H,25,26,28)/b12-10-. The molecule has 0 saturated heterocycles. The van der Waals surface area contributed by atoms with Crippen molar-refractivity contribution in [2.45, 2.75) is 4.90 Å². The minimum atomic E-state index is -0.394. The molecule has 0 bridgehead atoms. The second-order valence-corrected chi connectivity index (χ2v) is 7.44. The number of ether oxygens (including phenoxy) is 1.